The van der Waals surface area contributed by atoms with E-state index in [9.17, 15) is 19.8 Å². The number of rotatable bonds is 21. The molecule has 40 heavy (non-hydrogen) atoms. The molecule has 2 N–H and O–H groups in total. The molecule has 1 unspecified atom stereocenters. The van der Waals surface area contributed by atoms with Crippen molar-refractivity contribution >= 4 is 11.9 Å². The van der Waals surface area contributed by atoms with Crippen molar-refractivity contribution < 1.29 is 24.5 Å². The number of unbranched alkanes of at least 4 members (excludes halogenated alkanes) is 15. The second-order valence-electron chi connectivity index (χ2n) is 11.0. The molecule has 2 rings (SSSR count). The van der Waals surface area contributed by atoms with Gasteiger partial charge in [-0.15, -0.1) is 0 Å². The van der Waals surface area contributed by atoms with Crippen LogP contribution in [-0.4, -0.2) is 35.4 Å². The van der Waals surface area contributed by atoms with Gasteiger partial charge in [0.25, 0.3) is 0 Å². The number of carbonyl (C=O) groups is 2. The number of ether oxygens (including phenoxy) is 1. The summed E-state index contributed by atoms with van der Waals surface area (Å²) in [4.78, 5) is 23.2. The van der Waals surface area contributed by atoms with Crippen molar-refractivity contribution in [3.63, 3.8) is 0 Å². The standard InChI is InChI=1S/C35H50O5/c1-2-3-4-5-6-7-8-9-10-11-12-13-14-15-16-20-25-40-26-21-24-35(22-18-17-19-23-35)32-28-30(33(36)37)27-31(29-32)34(38)39/h17-19,22,27-29H,2-16,20,23,25-26H2,1H3,(H,36,37)(H,38,39). The van der Waals surface area contributed by atoms with E-state index in [0.717, 1.165) is 6.42 Å². The first-order valence-electron chi connectivity index (χ1n) is 15.5. The second-order valence-corrected chi connectivity index (χ2v) is 11.0. The smallest absolute Gasteiger partial charge is 0.335 e. The van der Waals surface area contributed by atoms with Gasteiger partial charge in [-0.25, -0.2) is 9.59 Å². The SMILES string of the molecule is CCCCCCCCCCCCCCCCCCOCC#CC1(c2cc(C(=O)O)cc(C(=O)O)c2)C=CC=CC1. The fourth-order valence-electron chi connectivity index (χ4n) is 5.20. The number of hydrogen-bond donors (Lipinski definition) is 2. The highest BCUT2D eigenvalue weighted by Crippen LogP contribution is 2.33. The summed E-state index contributed by atoms with van der Waals surface area (Å²) in [6, 6.07) is 4.22. The lowest BCUT2D eigenvalue weighted by atomic mass is 9.75. The summed E-state index contributed by atoms with van der Waals surface area (Å²) < 4.78 is 5.74. The molecule has 0 bridgehead atoms. The van der Waals surface area contributed by atoms with Gasteiger partial charge in [0.15, 0.2) is 0 Å². The number of carboxylic acid groups (broad SMARTS) is 2. The molecule has 0 fully saturated rings. The molecular formula is C35H50O5. The van der Waals surface area contributed by atoms with Crippen molar-refractivity contribution in [3.05, 3.63) is 59.2 Å². The van der Waals surface area contributed by atoms with Crippen molar-refractivity contribution in [3.8, 4) is 11.8 Å². The van der Waals surface area contributed by atoms with Gasteiger partial charge < -0.3 is 14.9 Å². The highest BCUT2D eigenvalue weighted by atomic mass is 16.5. The maximum absolute atomic E-state index is 11.6. The molecular weight excluding hydrogens is 500 g/mol. The molecule has 5 heteroatoms. The van der Waals surface area contributed by atoms with Gasteiger partial charge in [0.1, 0.15) is 6.61 Å². The van der Waals surface area contributed by atoms with E-state index in [1.54, 1.807) is 0 Å². The van der Waals surface area contributed by atoms with E-state index in [2.05, 4.69) is 18.8 Å². The molecule has 220 valence electrons. The Bertz CT molecular complexity index is 980. The van der Waals surface area contributed by atoms with Crippen molar-refractivity contribution in [2.75, 3.05) is 13.2 Å². The average molecular weight is 551 g/mol. The summed E-state index contributed by atoms with van der Waals surface area (Å²) >= 11 is 0. The third-order valence-corrected chi connectivity index (χ3v) is 7.64. The molecule has 1 atom stereocenters. The molecule has 0 amide bonds. The number of allylic oxidation sites excluding steroid dienone is 4. The fraction of sp³-hybridized carbons (Fsp3) is 0.600. The van der Waals surface area contributed by atoms with E-state index in [1.807, 2.05) is 24.3 Å². The zero-order chi connectivity index (χ0) is 28.9. The van der Waals surface area contributed by atoms with Gasteiger partial charge in [0.2, 0.25) is 0 Å². The molecule has 0 saturated heterocycles. The maximum Gasteiger partial charge on any atom is 0.335 e. The van der Waals surface area contributed by atoms with Crippen LogP contribution in [0.15, 0.2) is 42.5 Å². The first kappa shape index (κ1) is 33.4. The maximum atomic E-state index is 11.6. The first-order valence-corrected chi connectivity index (χ1v) is 15.5. The normalized spacial score (nSPS) is 16.0. The van der Waals surface area contributed by atoms with Crippen LogP contribution in [0.1, 0.15) is 142 Å². The minimum atomic E-state index is -1.16. The largest absolute Gasteiger partial charge is 0.478 e. The Kier molecular flexibility index (Phi) is 16.8. The zero-order valence-corrected chi connectivity index (χ0v) is 24.6. The molecule has 1 aliphatic rings. The van der Waals surface area contributed by atoms with Crippen molar-refractivity contribution in [2.24, 2.45) is 0 Å². The fourth-order valence-corrected chi connectivity index (χ4v) is 5.20. The van der Waals surface area contributed by atoms with Gasteiger partial charge in [-0.3, -0.25) is 0 Å². The van der Waals surface area contributed by atoms with E-state index < -0.39 is 17.4 Å². The van der Waals surface area contributed by atoms with Gasteiger partial charge in [0, 0.05) is 6.61 Å². The van der Waals surface area contributed by atoms with E-state index in [0.29, 0.717) is 25.2 Å². The summed E-state index contributed by atoms with van der Waals surface area (Å²) in [6.45, 7) is 3.24. The molecule has 0 heterocycles. The number of benzene rings is 1. The highest BCUT2D eigenvalue weighted by molar-refractivity contribution is 5.94. The number of carboxylic acids is 2. The second kappa shape index (κ2) is 20.1. The van der Waals surface area contributed by atoms with Crippen LogP contribution in [0.2, 0.25) is 0 Å². The van der Waals surface area contributed by atoms with Gasteiger partial charge in [-0.2, -0.15) is 0 Å². The van der Waals surface area contributed by atoms with Gasteiger partial charge in [-0.1, -0.05) is 139 Å². The van der Waals surface area contributed by atoms with E-state index in [-0.39, 0.29) is 11.1 Å². The van der Waals surface area contributed by atoms with Crippen LogP contribution in [-0.2, 0) is 10.2 Å². The zero-order valence-electron chi connectivity index (χ0n) is 24.6. The lowest BCUT2D eigenvalue weighted by Crippen LogP contribution is -2.23. The first-order chi connectivity index (χ1) is 19.5. The van der Waals surface area contributed by atoms with Crippen molar-refractivity contribution in [1.29, 1.82) is 0 Å². The Morgan fingerprint density at radius 1 is 0.750 bits per heavy atom. The molecule has 1 aromatic rings. The minimum absolute atomic E-state index is 0.0567. The lowest BCUT2D eigenvalue weighted by Gasteiger charge is -2.27. The molecule has 5 nitrogen and oxygen atoms in total. The summed E-state index contributed by atoms with van der Waals surface area (Å²) in [5.74, 6) is 4.01. The van der Waals surface area contributed by atoms with Crippen LogP contribution in [0.4, 0.5) is 0 Å². The van der Waals surface area contributed by atoms with Gasteiger partial charge in [0.05, 0.1) is 16.5 Å². The van der Waals surface area contributed by atoms with E-state index in [1.165, 1.54) is 115 Å². The quantitative estimate of drug-likeness (QED) is 0.118. The summed E-state index contributed by atoms with van der Waals surface area (Å²) in [6.07, 6.45) is 29.6. The Labute approximate surface area is 242 Å². The van der Waals surface area contributed by atoms with Crippen LogP contribution in [0.3, 0.4) is 0 Å². The van der Waals surface area contributed by atoms with E-state index in [4.69, 9.17) is 4.74 Å². The Hall–Kier alpha value is -2.84. The summed E-state index contributed by atoms with van der Waals surface area (Å²) in [7, 11) is 0. The predicted molar refractivity (Wildman–Crippen MR) is 163 cm³/mol. The van der Waals surface area contributed by atoms with Crippen LogP contribution in [0, 0.1) is 11.8 Å². The number of hydrogen-bond acceptors (Lipinski definition) is 3. The molecule has 1 aliphatic carbocycles. The van der Waals surface area contributed by atoms with Crippen LogP contribution in [0.5, 0.6) is 0 Å². The third-order valence-electron chi connectivity index (χ3n) is 7.64. The molecule has 0 saturated carbocycles. The Morgan fingerprint density at radius 3 is 1.70 bits per heavy atom. The highest BCUT2D eigenvalue weighted by Gasteiger charge is 2.29. The van der Waals surface area contributed by atoms with Crippen LogP contribution in [0.25, 0.3) is 0 Å². The Morgan fingerprint density at radius 2 is 1.25 bits per heavy atom. The van der Waals surface area contributed by atoms with Gasteiger partial charge in [-0.05, 0) is 36.6 Å². The number of aromatic carboxylic acids is 2. The molecule has 1 aromatic carbocycles. The third kappa shape index (κ3) is 13.0. The predicted octanol–water partition coefficient (Wildman–Crippen LogP) is 9.12. The van der Waals surface area contributed by atoms with Gasteiger partial charge >= 0.3 is 11.9 Å². The minimum Gasteiger partial charge on any atom is -0.478 e. The summed E-state index contributed by atoms with van der Waals surface area (Å²) in [5, 5.41) is 18.9. The van der Waals surface area contributed by atoms with Crippen LogP contribution >= 0.6 is 0 Å². The average Bonchev–Trinajstić information content (AvgIpc) is 2.96. The molecule has 0 spiro atoms. The van der Waals surface area contributed by atoms with Crippen molar-refractivity contribution in [2.45, 2.75) is 121 Å². The molecule has 0 aliphatic heterocycles. The lowest BCUT2D eigenvalue weighted by molar-refractivity contribution is 0.0696. The molecule has 0 aromatic heterocycles. The molecule has 0 radical (unpaired) electrons. The van der Waals surface area contributed by atoms with E-state index >= 15 is 0 Å². The Balaban J connectivity index is 1.61. The van der Waals surface area contributed by atoms with Crippen LogP contribution < -0.4 is 0 Å². The monoisotopic (exact) mass is 550 g/mol. The topological polar surface area (TPSA) is 83.8 Å². The van der Waals surface area contributed by atoms with Crippen molar-refractivity contribution in [1.82, 2.24) is 0 Å². The summed E-state index contributed by atoms with van der Waals surface area (Å²) in [5.41, 5.74) is -0.324.